The van der Waals surface area contributed by atoms with Crippen molar-refractivity contribution in [3.63, 3.8) is 0 Å². The van der Waals surface area contributed by atoms with Crippen LogP contribution in [0.3, 0.4) is 0 Å². The third kappa shape index (κ3) is 3.57. The summed E-state index contributed by atoms with van der Waals surface area (Å²) < 4.78 is 7.62. The number of rotatable bonds is 6. The summed E-state index contributed by atoms with van der Waals surface area (Å²) in [6, 6.07) is 0.399. The first-order valence-corrected chi connectivity index (χ1v) is 5.84. The molecule has 1 heterocycles. The van der Waals surface area contributed by atoms with Gasteiger partial charge in [0.05, 0.1) is 19.0 Å². The van der Waals surface area contributed by atoms with Crippen LogP contribution < -0.4 is 4.74 Å². The van der Waals surface area contributed by atoms with E-state index < -0.39 is 0 Å². The number of nitrogens with zero attached hydrogens (tertiary/aromatic N) is 2. The van der Waals surface area contributed by atoms with Gasteiger partial charge in [0, 0.05) is 6.04 Å². The van der Waals surface area contributed by atoms with Gasteiger partial charge in [0.15, 0.2) is 5.75 Å². The topological polar surface area (TPSA) is 27.1 Å². The molecule has 3 heteroatoms. The van der Waals surface area contributed by atoms with Crippen LogP contribution in [0.5, 0.6) is 5.75 Å². The van der Waals surface area contributed by atoms with E-state index in [1.165, 1.54) is 12.8 Å². The van der Waals surface area contributed by atoms with Crippen LogP contribution >= 0.6 is 0 Å². The van der Waals surface area contributed by atoms with Crippen LogP contribution in [0.1, 0.15) is 46.6 Å². The summed E-state index contributed by atoms with van der Waals surface area (Å²) in [6.45, 7) is 9.43. The molecule has 0 N–H and O–H groups in total. The van der Waals surface area contributed by atoms with Crippen LogP contribution in [0.25, 0.3) is 0 Å². The van der Waals surface area contributed by atoms with Gasteiger partial charge >= 0.3 is 0 Å². The van der Waals surface area contributed by atoms with Crippen molar-refractivity contribution in [1.82, 2.24) is 9.78 Å². The van der Waals surface area contributed by atoms with Crippen molar-refractivity contribution in [3.8, 4) is 5.75 Å². The Hall–Kier alpha value is -0.990. The highest BCUT2D eigenvalue weighted by Crippen LogP contribution is 2.15. The van der Waals surface area contributed by atoms with E-state index in [2.05, 4.69) is 32.8 Å². The fraction of sp³-hybridized carbons (Fsp3) is 0.750. The highest BCUT2D eigenvalue weighted by molar-refractivity contribution is 5.11. The molecule has 0 saturated carbocycles. The lowest BCUT2D eigenvalue weighted by Crippen LogP contribution is -2.09. The highest BCUT2D eigenvalue weighted by Gasteiger charge is 2.06. The SMILES string of the molecule is CCC(CC)COc1cnn(C(C)C)c1. The zero-order valence-corrected chi connectivity index (χ0v) is 10.2. The molecule has 0 radical (unpaired) electrons. The van der Waals surface area contributed by atoms with Crippen LogP contribution in [-0.2, 0) is 0 Å². The van der Waals surface area contributed by atoms with Crippen LogP contribution in [0.4, 0.5) is 0 Å². The molecule has 0 aliphatic rings. The lowest BCUT2D eigenvalue weighted by molar-refractivity contribution is 0.240. The normalized spacial score (nSPS) is 11.3. The fourth-order valence-electron chi connectivity index (χ4n) is 1.42. The van der Waals surface area contributed by atoms with Gasteiger partial charge in [-0.15, -0.1) is 0 Å². The third-order valence-corrected chi connectivity index (χ3v) is 2.75. The van der Waals surface area contributed by atoms with E-state index >= 15 is 0 Å². The lowest BCUT2D eigenvalue weighted by atomic mass is 10.1. The summed E-state index contributed by atoms with van der Waals surface area (Å²) in [5.74, 6) is 1.54. The van der Waals surface area contributed by atoms with Gasteiger partial charge in [0.2, 0.25) is 0 Å². The molecule has 0 bridgehead atoms. The number of hydrogen-bond donors (Lipinski definition) is 0. The average molecular weight is 210 g/mol. The van der Waals surface area contributed by atoms with Gasteiger partial charge in [-0.2, -0.15) is 5.10 Å². The van der Waals surface area contributed by atoms with Crippen LogP contribution in [0.2, 0.25) is 0 Å². The Morgan fingerprint density at radius 1 is 1.33 bits per heavy atom. The average Bonchev–Trinajstić information content (AvgIpc) is 2.68. The standard InChI is InChI=1S/C12H22N2O/c1-5-11(6-2)9-15-12-7-13-14(8-12)10(3)4/h7-8,10-11H,5-6,9H2,1-4H3. The molecule has 1 aromatic heterocycles. The summed E-state index contributed by atoms with van der Waals surface area (Å²) in [5, 5.41) is 4.24. The zero-order chi connectivity index (χ0) is 11.3. The Balaban J connectivity index is 2.43. The van der Waals surface area contributed by atoms with E-state index in [0.29, 0.717) is 12.0 Å². The van der Waals surface area contributed by atoms with Gasteiger partial charge in [-0.25, -0.2) is 0 Å². The van der Waals surface area contributed by atoms with Gasteiger partial charge in [-0.3, -0.25) is 4.68 Å². The highest BCUT2D eigenvalue weighted by atomic mass is 16.5. The summed E-state index contributed by atoms with van der Waals surface area (Å²) in [5.41, 5.74) is 0. The molecule has 0 aliphatic heterocycles. The zero-order valence-electron chi connectivity index (χ0n) is 10.2. The second kappa shape index (κ2) is 5.79. The van der Waals surface area contributed by atoms with Crippen molar-refractivity contribution in [1.29, 1.82) is 0 Å². The minimum absolute atomic E-state index is 0.399. The van der Waals surface area contributed by atoms with Crippen molar-refractivity contribution >= 4 is 0 Å². The smallest absolute Gasteiger partial charge is 0.157 e. The number of ether oxygens (including phenoxy) is 1. The van der Waals surface area contributed by atoms with Gasteiger partial charge in [-0.05, 0) is 19.8 Å². The Bertz CT molecular complexity index is 277. The number of hydrogen-bond acceptors (Lipinski definition) is 2. The predicted molar refractivity (Wildman–Crippen MR) is 62.2 cm³/mol. The van der Waals surface area contributed by atoms with Gasteiger partial charge in [0.1, 0.15) is 0 Å². The van der Waals surface area contributed by atoms with Gasteiger partial charge in [-0.1, -0.05) is 26.7 Å². The van der Waals surface area contributed by atoms with E-state index in [9.17, 15) is 0 Å². The maximum absolute atomic E-state index is 5.70. The first kappa shape index (κ1) is 12.1. The lowest BCUT2D eigenvalue weighted by Gasteiger charge is -2.12. The molecule has 0 amide bonds. The predicted octanol–water partition coefficient (Wildman–Crippen LogP) is 3.28. The van der Waals surface area contributed by atoms with Crippen molar-refractivity contribution in [2.75, 3.05) is 6.61 Å². The molecule has 86 valence electrons. The molecule has 0 atom stereocenters. The largest absolute Gasteiger partial charge is 0.490 e. The molecule has 1 rings (SSSR count). The molecule has 0 saturated heterocycles. The van der Waals surface area contributed by atoms with E-state index in [1.807, 2.05) is 10.9 Å². The van der Waals surface area contributed by atoms with Crippen molar-refractivity contribution in [2.45, 2.75) is 46.6 Å². The Morgan fingerprint density at radius 3 is 2.47 bits per heavy atom. The summed E-state index contributed by atoms with van der Waals surface area (Å²) >= 11 is 0. The summed E-state index contributed by atoms with van der Waals surface area (Å²) in [6.07, 6.45) is 6.11. The Morgan fingerprint density at radius 2 is 2.00 bits per heavy atom. The quantitative estimate of drug-likeness (QED) is 0.720. The Labute approximate surface area is 92.4 Å². The molecule has 0 unspecified atom stereocenters. The monoisotopic (exact) mass is 210 g/mol. The molecule has 0 aliphatic carbocycles. The molecule has 0 aromatic carbocycles. The Kier molecular flexibility index (Phi) is 4.66. The van der Waals surface area contributed by atoms with Crippen LogP contribution in [0.15, 0.2) is 12.4 Å². The molecule has 0 spiro atoms. The van der Waals surface area contributed by atoms with E-state index in [-0.39, 0.29) is 0 Å². The van der Waals surface area contributed by atoms with E-state index in [0.717, 1.165) is 12.4 Å². The first-order chi connectivity index (χ1) is 7.17. The second-order valence-corrected chi connectivity index (χ2v) is 4.24. The fourth-order valence-corrected chi connectivity index (χ4v) is 1.42. The molecule has 0 fully saturated rings. The molecular formula is C12H22N2O. The van der Waals surface area contributed by atoms with Gasteiger partial charge < -0.3 is 4.74 Å². The van der Waals surface area contributed by atoms with E-state index in [4.69, 9.17) is 4.74 Å². The molecular weight excluding hydrogens is 188 g/mol. The van der Waals surface area contributed by atoms with Crippen LogP contribution in [-0.4, -0.2) is 16.4 Å². The second-order valence-electron chi connectivity index (χ2n) is 4.24. The summed E-state index contributed by atoms with van der Waals surface area (Å²) in [4.78, 5) is 0. The maximum Gasteiger partial charge on any atom is 0.157 e. The summed E-state index contributed by atoms with van der Waals surface area (Å²) in [7, 11) is 0. The first-order valence-electron chi connectivity index (χ1n) is 5.84. The van der Waals surface area contributed by atoms with Crippen molar-refractivity contribution in [3.05, 3.63) is 12.4 Å². The third-order valence-electron chi connectivity index (χ3n) is 2.75. The maximum atomic E-state index is 5.70. The minimum Gasteiger partial charge on any atom is -0.490 e. The molecule has 1 aromatic rings. The molecule has 3 nitrogen and oxygen atoms in total. The minimum atomic E-state index is 0.399. The van der Waals surface area contributed by atoms with E-state index in [1.54, 1.807) is 6.20 Å². The van der Waals surface area contributed by atoms with Crippen molar-refractivity contribution < 1.29 is 4.74 Å². The van der Waals surface area contributed by atoms with Gasteiger partial charge in [0.25, 0.3) is 0 Å². The van der Waals surface area contributed by atoms with Crippen molar-refractivity contribution in [2.24, 2.45) is 5.92 Å². The van der Waals surface area contributed by atoms with Crippen LogP contribution in [0, 0.1) is 5.92 Å². The number of aromatic nitrogens is 2. The molecule has 15 heavy (non-hydrogen) atoms.